The maximum atomic E-state index is 12.8. The van der Waals surface area contributed by atoms with E-state index < -0.39 is 17.7 Å². The second-order valence-electron chi connectivity index (χ2n) is 6.39. The molecule has 3 amide bonds. The summed E-state index contributed by atoms with van der Waals surface area (Å²) in [6.07, 6.45) is 3.50. The molecule has 9 heteroatoms. The number of aromatic nitrogens is 1. The van der Waals surface area contributed by atoms with Crippen LogP contribution in [0, 0.1) is 0 Å². The Hall–Kier alpha value is -4.14. The molecule has 0 aliphatic rings. The number of anilines is 1. The van der Waals surface area contributed by atoms with Crippen LogP contribution in [0.1, 0.15) is 50.7 Å². The largest absolute Gasteiger partial charge is 0.493 e. The Labute approximate surface area is 178 Å². The Morgan fingerprint density at radius 3 is 2.52 bits per heavy atom. The Bertz CT molecular complexity index is 1080. The SMILES string of the molecule is CCOc1ccc(CC)cc1C(=O)Nc1cc(C(=O)NNC(=O)c2ccco2)ccn1. The van der Waals surface area contributed by atoms with Gasteiger partial charge in [0.2, 0.25) is 0 Å². The van der Waals surface area contributed by atoms with Gasteiger partial charge in [-0.2, -0.15) is 0 Å². The van der Waals surface area contributed by atoms with E-state index in [1.807, 2.05) is 19.9 Å². The molecule has 2 heterocycles. The minimum Gasteiger partial charge on any atom is -0.493 e. The summed E-state index contributed by atoms with van der Waals surface area (Å²) in [5.74, 6) is -0.885. The minimum atomic E-state index is -0.597. The lowest BCUT2D eigenvalue weighted by atomic mass is 10.1. The third-order valence-corrected chi connectivity index (χ3v) is 4.29. The summed E-state index contributed by atoms with van der Waals surface area (Å²) >= 11 is 0. The molecule has 3 rings (SSSR count). The zero-order valence-corrected chi connectivity index (χ0v) is 17.1. The highest BCUT2D eigenvalue weighted by Crippen LogP contribution is 2.22. The fourth-order valence-electron chi connectivity index (χ4n) is 2.73. The molecule has 0 unspecified atom stereocenters. The topological polar surface area (TPSA) is 123 Å². The average molecular weight is 422 g/mol. The smallest absolute Gasteiger partial charge is 0.305 e. The monoisotopic (exact) mass is 422 g/mol. The van der Waals surface area contributed by atoms with Crippen molar-refractivity contribution < 1.29 is 23.5 Å². The second-order valence-corrected chi connectivity index (χ2v) is 6.39. The van der Waals surface area contributed by atoms with E-state index in [4.69, 9.17) is 9.15 Å². The molecule has 0 saturated heterocycles. The molecule has 3 N–H and O–H groups in total. The van der Waals surface area contributed by atoms with Gasteiger partial charge in [-0.05, 0) is 55.3 Å². The normalized spacial score (nSPS) is 10.3. The molecule has 0 aliphatic heterocycles. The first-order valence-electron chi connectivity index (χ1n) is 9.69. The first kappa shape index (κ1) is 21.6. The number of amides is 3. The van der Waals surface area contributed by atoms with E-state index >= 15 is 0 Å². The summed E-state index contributed by atoms with van der Waals surface area (Å²) in [6.45, 7) is 4.25. The van der Waals surface area contributed by atoms with Crippen LogP contribution in [0.4, 0.5) is 5.82 Å². The summed E-state index contributed by atoms with van der Waals surface area (Å²) in [4.78, 5) is 41.1. The highest BCUT2D eigenvalue weighted by molar-refractivity contribution is 6.06. The molecule has 0 fully saturated rings. The Kier molecular flexibility index (Phi) is 7.00. The zero-order chi connectivity index (χ0) is 22.2. The highest BCUT2D eigenvalue weighted by atomic mass is 16.5. The van der Waals surface area contributed by atoms with Crippen molar-refractivity contribution in [3.8, 4) is 5.75 Å². The highest BCUT2D eigenvalue weighted by Gasteiger charge is 2.16. The van der Waals surface area contributed by atoms with Gasteiger partial charge >= 0.3 is 5.91 Å². The number of hydrogen-bond donors (Lipinski definition) is 3. The molecule has 31 heavy (non-hydrogen) atoms. The van der Waals surface area contributed by atoms with Crippen LogP contribution in [-0.2, 0) is 6.42 Å². The second kappa shape index (κ2) is 10.1. The third kappa shape index (κ3) is 5.47. The van der Waals surface area contributed by atoms with Crippen molar-refractivity contribution in [2.24, 2.45) is 0 Å². The number of ether oxygens (including phenoxy) is 1. The molecule has 160 valence electrons. The standard InChI is InChI=1S/C22H22N4O5/c1-3-14-7-8-17(30-4-2)16(12-14)21(28)24-19-13-15(9-10-23-19)20(27)25-26-22(29)18-6-5-11-31-18/h5-13H,3-4H2,1-2H3,(H,25,27)(H,26,29)(H,23,24,28). The van der Waals surface area contributed by atoms with Gasteiger partial charge in [0.15, 0.2) is 5.76 Å². The van der Waals surface area contributed by atoms with Crippen molar-refractivity contribution >= 4 is 23.5 Å². The molecule has 0 atom stereocenters. The van der Waals surface area contributed by atoms with Crippen molar-refractivity contribution in [2.45, 2.75) is 20.3 Å². The number of carbonyl (C=O) groups is 3. The van der Waals surface area contributed by atoms with Crippen molar-refractivity contribution in [1.82, 2.24) is 15.8 Å². The van der Waals surface area contributed by atoms with E-state index in [-0.39, 0.29) is 17.1 Å². The molecule has 1 aromatic carbocycles. The number of aryl methyl sites for hydroxylation is 1. The molecule has 0 radical (unpaired) electrons. The predicted molar refractivity (Wildman–Crippen MR) is 113 cm³/mol. The van der Waals surface area contributed by atoms with E-state index in [1.54, 1.807) is 18.2 Å². The van der Waals surface area contributed by atoms with Crippen LogP contribution in [0.25, 0.3) is 0 Å². The van der Waals surface area contributed by atoms with E-state index in [1.165, 1.54) is 30.7 Å². The summed E-state index contributed by atoms with van der Waals surface area (Å²) in [7, 11) is 0. The Morgan fingerprint density at radius 1 is 1.00 bits per heavy atom. The van der Waals surface area contributed by atoms with Crippen molar-refractivity contribution in [1.29, 1.82) is 0 Å². The molecule has 0 spiro atoms. The van der Waals surface area contributed by atoms with Crippen LogP contribution in [0.5, 0.6) is 5.75 Å². The fourth-order valence-corrected chi connectivity index (χ4v) is 2.73. The number of nitrogens with zero attached hydrogens (tertiary/aromatic N) is 1. The van der Waals surface area contributed by atoms with Crippen LogP contribution in [0.3, 0.4) is 0 Å². The quantitative estimate of drug-likeness (QED) is 0.503. The number of benzene rings is 1. The predicted octanol–water partition coefficient (Wildman–Crippen LogP) is 2.96. The number of rotatable bonds is 7. The minimum absolute atomic E-state index is 0.0578. The van der Waals surface area contributed by atoms with Gasteiger partial charge in [0.1, 0.15) is 11.6 Å². The first-order valence-corrected chi connectivity index (χ1v) is 9.69. The maximum Gasteiger partial charge on any atom is 0.305 e. The van der Waals surface area contributed by atoms with Crippen LogP contribution < -0.4 is 20.9 Å². The molecular formula is C22H22N4O5. The Balaban J connectivity index is 1.69. The van der Waals surface area contributed by atoms with Crippen LogP contribution in [0.15, 0.2) is 59.3 Å². The van der Waals surface area contributed by atoms with E-state index in [0.717, 1.165) is 12.0 Å². The molecule has 3 aromatic rings. The number of hydrazine groups is 1. The van der Waals surface area contributed by atoms with E-state index in [0.29, 0.717) is 17.9 Å². The molecule has 0 saturated carbocycles. The van der Waals surface area contributed by atoms with Gasteiger partial charge in [0.05, 0.1) is 18.4 Å². The fraction of sp³-hybridized carbons (Fsp3) is 0.182. The molecule has 0 bridgehead atoms. The average Bonchev–Trinajstić information content (AvgIpc) is 3.33. The summed E-state index contributed by atoms with van der Waals surface area (Å²) in [5.41, 5.74) is 6.09. The van der Waals surface area contributed by atoms with Crippen LogP contribution in [-0.4, -0.2) is 29.3 Å². The zero-order valence-electron chi connectivity index (χ0n) is 17.1. The van der Waals surface area contributed by atoms with Gasteiger partial charge in [-0.15, -0.1) is 0 Å². The molecular weight excluding hydrogens is 400 g/mol. The first-order chi connectivity index (χ1) is 15.0. The molecule has 2 aromatic heterocycles. The van der Waals surface area contributed by atoms with E-state index in [2.05, 4.69) is 21.2 Å². The summed E-state index contributed by atoms with van der Waals surface area (Å²) in [5, 5.41) is 2.68. The number of hydrogen-bond acceptors (Lipinski definition) is 6. The van der Waals surface area contributed by atoms with Gasteiger partial charge < -0.3 is 14.5 Å². The molecule has 0 aliphatic carbocycles. The van der Waals surface area contributed by atoms with Crippen molar-refractivity contribution in [3.05, 3.63) is 77.4 Å². The van der Waals surface area contributed by atoms with Crippen LogP contribution in [0.2, 0.25) is 0 Å². The summed E-state index contributed by atoms with van der Waals surface area (Å²) in [6, 6.07) is 11.3. The van der Waals surface area contributed by atoms with Gasteiger partial charge in [-0.1, -0.05) is 13.0 Å². The Morgan fingerprint density at radius 2 is 1.81 bits per heavy atom. The number of nitrogens with one attached hydrogen (secondary N) is 3. The molecule has 9 nitrogen and oxygen atoms in total. The number of furan rings is 1. The lowest BCUT2D eigenvalue weighted by molar-refractivity contribution is 0.0831. The number of pyridine rings is 1. The van der Waals surface area contributed by atoms with Gasteiger partial charge in [-0.25, -0.2) is 4.98 Å². The van der Waals surface area contributed by atoms with Gasteiger partial charge in [0.25, 0.3) is 11.8 Å². The summed E-state index contributed by atoms with van der Waals surface area (Å²) < 4.78 is 10.5. The van der Waals surface area contributed by atoms with Crippen molar-refractivity contribution in [2.75, 3.05) is 11.9 Å². The van der Waals surface area contributed by atoms with Gasteiger partial charge in [0, 0.05) is 11.8 Å². The lowest BCUT2D eigenvalue weighted by Gasteiger charge is -2.12. The maximum absolute atomic E-state index is 12.8. The lowest BCUT2D eigenvalue weighted by Crippen LogP contribution is -2.41. The number of carbonyl (C=O) groups excluding carboxylic acids is 3. The third-order valence-electron chi connectivity index (χ3n) is 4.29. The van der Waals surface area contributed by atoms with Crippen molar-refractivity contribution in [3.63, 3.8) is 0 Å². The van der Waals surface area contributed by atoms with Gasteiger partial charge in [-0.3, -0.25) is 25.2 Å². The van der Waals surface area contributed by atoms with E-state index in [9.17, 15) is 14.4 Å². The van der Waals surface area contributed by atoms with Crippen LogP contribution >= 0.6 is 0 Å².